The zero-order valence-corrected chi connectivity index (χ0v) is 17.3. The molecule has 2 N–H and O–H groups in total. The van der Waals surface area contributed by atoms with Crippen molar-refractivity contribution in [3.63, 3.8) is 0 Å². The number of ether oxygens (including phenoxy) is 4. The molecule has 8 nitrogen and oxygen atoms in total. The molecule has 0 aromatic heterocycles. The predicted octanol–water partition coefficient (Wildman–Crippen LogP) is 2.87. The zero-order chi connectivity index (χ0) is 21.5. The van der Waals surface area contributed by atoms with Crippen molar-refractivity contribution in [1.29, 1.82) is 0 Å². The summed E-state index contributed by atoms with van der Waals surface area (Å²) in [4.78, 5) is 25.6. The molecule has 0 radical (unpaired) electrons. The van der Waals surface area contributed by atoms with Crippen LogP contribution in [0.4, 0.5) is 5.69 Å². The quantitative estimate of drug-likeness (QED) is 0.690. The molecule has 0 aliphatic carbocycles. The summed E-state index contributed by atoms with van der Waals surface area (Å²) in [5.74, 6) is 0.448. The first-order chi connectivity index (χ1) is 14.6. The minimum Gasteiger partial charge on any atom is -0.496 e. The average molecular weight is 414 g/mol. The topological polar surface area (TPSA) is 95.1 Å². The molecule has 0 spiro atoms. The molecule has 160 valence electrons. The molecule has 0 saturated carbocycles. The Morgan fingerprint density at radius 2 is 1.67 bits per heavy atom. The fourth-order valence-electron chi connectivity index (χ4n) is 3.29. The van der Waals surface area contributed by atoms with E-state index in [-0.39, 0.29) is 17.6 Å². The minimum absolute atomic E-state index is 0.0340. The Morgan fingerprint density at radius 3 is 2.33 bits per heavy atom. The van der Waals surface area contributed by atoms with E-state index in [1.165, 1.54) is 27.4 Å². The van der Waals surface area contributed by atoms with Crippen molar-refractivity contribution in [2.24, 2.45) is 0 Å². The van der Waals surface area contributed by atoms with Crippen LogP contribution in [0.25, 0.3) is 0 Å². The van der Waals surface area contributed by atoms with Crippen LogP contribution in [0.3, 0.4) is 0 Å². The number of carbonyl (C=O) groups is 2. The van der Waals surface area contributed by atoms with Gasteiger partial charge in [0.1, 0.15) is 5.75 Å². The number of hydrogen-bond acceptors (Lipinski definition) is 6. The highest BCUT2D eigenvalue weighted by molar-refractivity contribution is 6.10. The van der Waals surface area contributed by atoms with Gasteiger partial charge in [-0.1, -0.05) is 12.1 Å². The molecule has 1 aliphatic rings. The first-order valence-electron chi connectivity index (χ1n) is 9.67. The molecule has 1 heterocycles. The first-order valence-corrected chi connectivity index (χ1v) is 9.67. The van der Waals surface area contributed by atoms with Gasteiger partial charge in [0.25, 0.3) is 11.8 Å². The second-order valence-corrected chi connectivity index (χ2v) is 6.75. The standard InChI is InChI=1S/C22H26N2O6/c1-27-18-12-20(29-3)19(28-2)11-16(18)22(26)24-17-9-5-4-8-15(17)21(25)23-13-14-7-6-10-30-14/h4-5,8-9,11-12,14H,6-7,10,13H2,1-3H3,(H,23,25)(H,24,26)/t14-/m0/s1. The number of methoxy groups -OCH3 is 3. The monoisotopic (exact) mass is 414 g/mol. The molecule has 30 heavy (non-hydrogen) atoms. The SMILES string of the molecule is COc1cc(OC)c(C(=O)Nc2ccccc2C(=O)NC[C@@H]2CCCO2)cc1OC. The summed E-state index contributed by atoms with van der Waals surface area (Å²) in [6.45, 7) is 1.16. The highest BCUT2D eigenvalue weighted by Crippen LogP contribution is 2.35. The van der Waals surface area contributed by atoms with Gasteiger partial charge in [-0.3, -0.25) is 9.59 Å². The molecule has 8 heteroatoms. The van der Waals surface area contributed by atoms with Crippen LogP contribution >= 0.6 is 0 Å². The van der Waals surface area contributed by atoms with Crippen LogP contribution in [-0.2, 0) is 4.74 Å². The second-order valence-electron chi connectivity index (χ2n) is 6.75. The Kier molecular flexibility index (Phi) is 7.13. The third-order valence-electron chi connectivity index (χ3n) is 4.88. The van der Waals surface area contributed by atoms with Crippen molar-refractivity contribution in [3.05, 3.63) is 47.5 Å². The van der Waals surface area contributed by atoms with Crippen LogP contribution in [0, 0.1) is 0 Å². The molecule has 3 rings (SSSR count). The molecule has 0 unspecified atom stereocenters. The van der Waals surface area contributed by atoms with Crippen molar-refractivity contribution in [2.45, 2.75) is 18.9 Å². The summed E-state index contributed by atoms with van der Waals surface area (Å²) >= 11 is 0. The minimum atomic E-state index is -0.438. The summed E-state index contributed by atoms with van der Waals surface area (Å²) in [5.41, 5.74) is 1.01. The maximum atomic E-state index is 13.0. The lowest BCUT2D eigenvalue weighted by Gasteiger charge is -2.16. The Bertz CT molecular complexity index is 908. The maximum absolute atomic E-state index is 13.0. The van der Waals surface area contributed by atoms with Crippen molar-refractivity contribution in [1.82, 2.24) is 5.32 Å². The molecule has 2 aromatic carbocycles. The number of anilines is 1. The van der Waals surface area contributed by atoms with Crippen molar-refractivity contribution < 1.29 is 28.5 Å². The summed E-state index contributed by atoms with van der Waals surface area (Å²) in [7, 11) is 4.45. The number of amides is 2. The Labute approximate surface area is 175 Å². The lowest BCUT2D eigenvalue weighted by Crippen LogP contribution is -2.32. The summed E-state index contributed by atoms with van der Waals surface area (Å²) in [6.07, 6.45) is 1.96. The van der Waals surface area contributed by atoms with Crippen molar-refractivity contribution in [3.8, 4) is 17.2 Å². The van der Waals surface area contributed by atoms with E-state index < -0.39 is 5.91 Å². The van der Waals surface area contributed by atoms with Gasteiger partial charge in [-0.2, -0.15) is 0 Å². The number of rotatable bonds is 8. The van der Waals surface area contributed by atoms with E-state index >= 15 is 0 Å². The van der Waals surface area contributed by atoms with Crippen LogP contribution in [0.5, 0.6) is 17.2 Å². The van der Waals surface area contributed by atoms with Crippen LogP contribution in [0.1, 0.15) is 33.6 Å². The fraction of sp³-hybridized carbons (Fsp3) is 0.364. The second kappa shape index (κ2) is 9.98. The van der Waals surface area contributed by atoms with E-state index in [1.54, 1.807) is 30.3 Å². The highest BCUT2D eigenvalue weighted by Gasteiger charge is 2.21. The third kappa shape index (κ3) is 4.83. The van der Waals surface area contributed by atoms with Crippen molar-refractivity contribution >= 4 is 17.5 Å². The zero-order valence-electron chi connectivity index (χ0n) is 17.3. The largest absolute Gasteiger partial charge is 0.496 e. The molecule has 1 atom stereocenters. The van der Waals surface area contributed by atoms with Gasteiger partial charge in [0.15, 0.2) is 11.5 Å². The van der Waals surface area contributed by atoms with E-state index in [1.807, 2.05) is 0 Å². The van der Waals surface area contributed by atoms with Crippen molar-refractivity contribution in [2.75, 3.05) is 39.8 Å². The molecular formula is C22H26N2O6. The van der Waals surface area contributed by atoms with Crippen LogP contribution in [-0.4, -0.2) is 52.4 Å². The lowest BCUT2D eigenvalue weighted by atomic mass is 10.1. The predicted molar refractivity (Wildman–Crippen MR) is 112 cm³/mol. The third-order valence-corrected chi connectivity index (χ3v) is 4.88. The van der Waals surface area contributed by atoms with E-state index in [9.17, 15) is 9.59 Å². The van der Waals surface area contributed by atoms with Gasteiger partial charge in [0.2, 0.25) is 0 Å². The molecule has 2 aromatic rings. The Morgan fingerprint density at radius 1 is 0.967 bits per heavy atom. The summed E-state index contributed by atoms with van der Waals surface area (Å²) in [6, 6.07) is 9.94. The summed E-state index contributed by atoms with van der Waals surface area (Å²) in [5, 5.41) is 5.67. The molecule has 1 aliphatic heterocycles. The van der Waals surface area contributed by atoms with Crippen LogP contribution in [0.2, 0.25) is 0 Å². The molecule has 1 saturated heterocycles. The smallest absolute Gasteiger partial charge is 0.259 e. The Balaban J connectivity index is 1.79. The summed E-state index contributed by atoms with van der Waals surface area (Å²) < 4.78 is 21.4. The average Bonchev–Trinajstić information content (AvgIpc) is 3.30. The number of benzene rings is 2. The van der Waals surface area contributed by atoms with Gasteiger partial charge in [-0.05, 0) is 25.0 Å². The Hall–Kier alpha value is -3.26. The number of nitrogens with one attached hydrogen (secondary N) is 2. The maximum Gasteiger partial charge on any atom is 0.259 e. The number of carbonyl (C=O) groups excluding carboxylic acids is 2. The van der Waals surface area contributed by atoms with Gasteiger partial charge in [-0.25, -0.2) is 0 Å². The molecule has 2 amide bonds. The van der Waals surface area contributed by atoms with Crippen LogP contribution < -0.4 is 24.8 Å². The van der Waals surface area contributed by atoms with Gasteiger partial charge < -0.3 is 29.6 Å². The van der Waals surface area contributed by atoms with Crippen LogP contribution in [0.15, 0.2) is 36.4 Å². The van der Waals surface area contributed by atoms with E-state index in [4.69, 9.17) is 18.9 Å². The van der Waals surface area contributed by atoms with Gasteiger partial charge in [0, 0.05) is 25.3 Å². The number of para-hydroxylation sites is 1. The van der Waals surface area contributed by atoms with E-state index in [0.29, 0.717) is 35.0 Å². The number of hydrogen-bond donors (Lipinski definition) is 2. The normalized spacial score (nSPS) is 15.4. The van der Waals surface area contributed by atoms with Gasteiger partial charge in [-0.15, -0.1) is 0 Å². The van der Waals surface area contributed by atoms with E-state index in [0.717, 1.165) is 19.4 Å². The fourth-order valence-corrected chi connectivity index (χ4v) is 3.29. The first kappa shape index (κ1) is 21.4. The van der Waals surface area contributed by atoms with E-state index in [2.05, 4.69) is 10.6 Å². The van der Waals surface area contributed by atoms with Gasteiger partial charge >= 0.3 is 0 Å². The highest BCUT2D eigenvalue weighted by atomic mass is 16.5. The lowest BCUT2D eigenvalue weighted by molar-refractivity contribution is 0.0858. The molecular weight excluding hydrogens is 388 g/mol. The molecule has 1 fully saturated rings. The van der Waals surface area contributed by atoms with Gasteiger partial charge in [0.05, 0.1) is 44.2 Å². The molecule has 0 bridgehead atoms.